The van der Waals surface area contributed by atoms with Crippen LogP contribution < -0.4 is 10.2 Å². The van der Waals surface area contributed by atoms with E-state index in [0.29, 0.717) is 6.54 Å². The minimum absolute atomic E-state index is 0.274. The summed E-state index contributed by atoms with van der Waals surface area (Å²) in [6.07, 6.45) is 1.68. The van der Waals surface area contributed by atoms with Crippen molar-refractivity contribution < 1.29 is 14.6 Å². The Morgan fingerprint density at radius 3 is 2.62 bits per heavy atom. The first-order valence-electron chi connectivity index (χ1n) is 6.42. The SMILES string of the molecule is COc1ccccc1/C=N/NCc1ccc(C(=O)O)cc1. The number of hydrazone groups is 1. The number of rotatable bonds is 6. The zero-order valence-corrected chi connectivity index (χ0v) is 11.6. The van der Waals surface area contributed by atoms with Gasteiger partial charge in [0, 0.05) is 5.56 Å². The molecule has 0 spiro atoms. The molecule has 0 fully saturated rings. The lowest BCUT2D eigenvalue weighted by Crippen LogP contribution is -2.06. The maximum Gasteiger partial charge on any atom is 0.335 e. The minimum Gasteiger partial charge on any atom is -0.496 e. The van der Waals surface area contributed by atoms with Crippen LogP contribution in [0.25, 0.3) is 0 Å². The van der Waals surface area contributed by atoms with E-state index < -0.39 is 5.97 Å². The first kappa shape index (κ1) is 14.6. The Morgan fingerprint density at radius 1 is 1.24 bits per heavy atom. The third kappa shape index (κ3) is 4.07. The van der Waals surface area contributed by atoms with Crippen LogP contribution in [0.4, 0.5) is 0 Å². The molecule has 0 aromatic heterocycles. The fourth-order valence-corrected chi connectivity index (χ4v) is 1.79. The van der Waals surface area contributed by atoms with Gasteiger partial charge >= 0.3 is 5.97 Å². The van der Waals surface area contributed by atoms with Crippen LogP contribution in [0, 0.1) is 0 Å². The number of carboxylic acid groups (broad SMARTS) is 1. The Bertz CT molecular complexity index is 636. The predicted molar refractivity (Wildman–Crippen MR) is 80.8 cm³/mol. The van der Waals surface area contributed by atoms with E-state index in [0.717, 1.165) is 16.9 Å². The first-order valence-corrected chi connectivity index (χ1v) is 6.42. The van der Waals surface area contributed by atoms with E-state index in [4.69, 9.17) is 9.84 Å². The molecular weight excluding hydrogens is 268 g/mol. The van der Waals surface area contributed by atoms with Gasteiger partial charge in [0.2, 0.25) is 0 Å². The summed E-state index contributed by atoms with van der Waals surface area (Å²) in [5, 5.41) is 12.9. The van der Waals surface area contributed by atoms with Crippen LogP contribution in [0.1, 0.15) is 21.5 Å². The van der Waals surface area contributed by atoms with E-state index in [1.165, 1.54) is 0 Å². The molecule has 0 heterocycles. The average molecular weight is 284 g/mol. The molecule has 0 saturated heterocycles. The number of nitrogens with one attached hydrogen (secondary N) is 1. The Balaban J connectivity index is 1.91. The van der Waals surface area contributed by atoms with E-state index in [-0.39, 0.29) is 5.56 Å². The number of methoxy groups -OCH3 is 1. The van der Waals surface area contributed by atoms with Gasteiger partial charge < -0.3 is 15.3 Å². The van der Waals surface area contributed by atoms with Crippen molar-refractivity contribution in [2.75, 3.05) is 7.11 Å². The van der Waals surface area contributed by atoms with Gasteiger partial charge in [-0.2, -0.15) is 5.10 Å². The minimum atomic E-state index is -0.927. The van der Waals surface area contributed by atoms with Crippen LogP contribution in [0.5, 0.6) is 5.75 Å². The Morgan fingerprint density at radius 2 is 1.95 bits per heavy atom. The van der Waals surface area contributed by atoms with Crippen molar-refractivity contribution >= 4 is 12.2 Å². The Labute approximate surface area is 122 Å². The second-order valence-corrected chi connectivity index (χ2v) is 4.34. The molecule has 0 saturated carbocycles. The number of aromatic carboxylic acids is 1. The molecule has 0 unspecified atom stereocenters. The van der Waals surface area contributed by atoms with Crippen LogP contribution in [-0.4, -0.2) is 24.4 Å². The Kier molecular flexibility index (Phi) is 4.93. The standard InChI is InChI=1S/C16H16N2O3/c1-21-15-5-3-2-4-14(15)11-18-17-10-12-6-8-13(9-7-12)16(19)20/h2-9,11,17H,10H2,1H3,(H,19,20)/b18-11+. The highest BCUT2D eigenvalue weighted by Crippen LogP contribution is 2.14. The lowest BCUT2D eigenvalue weighted by molar-refractivity contribution is 0.0697. The fraction of sp³-hybridized carbons (Fsp3) is 0.125. The van der Waals surface area contributed by atoms with Gasteiger partial charge in [0.25, 0.3) is 0 Å². The average Bonchev–Trinajstić information content (AvgIpc) is 2.52. The van der Waals surface area contributed by atoms with Gasteiger partial charge in [-0.15, -0.1) is 0 Å². The largest absolute Gasteiger partial charge is 0.496 e. The Hall–Kier alpha value is -2.82. The van der Waals surface area contributed by atoms with E-state index in [1.807, 2.05) is 24.3 Å². The molecular formula is C16H16N2O3. The maximum atomic E-state index is 10.7. The van der Waals surface area contributed by atoms with E-state index in [2.05, 4.69) is 10.5 Å². The lowest BCUT2D eigenvalue weighted by atomic mass is 10.1. The third-order valence-corrected chi connectivity index (χ3v) is 2.92. The van der Waals surface area contributed by atoms with Gasteiger partial charge in [0.15, 0.2) is 0 Å². The topological polar surface area (TPSA) is 70.9 Å². The molecule has 0 bridgehead atoms. The van der Waals surface area contributed by atoms with Crippen LogP contribution in [0.2, 0.25) is 0 Å². The van der Waals surface area contributed by atoms with Crippen molar-refractivity contribution in [3.8, 4) is 5.75 Å². The first-order chi connectivity index (χ1) is 10.2. The summed E-state index contributed by atoms with van der Waals surface area (Å²) < 4.78 is 5.22. The molecule has 21 heavy (non-hydrogen) atoms. The van der Waals surface area contributed by atoms with Crippen LogP contribution in [0.3, 0.4) is 0 Å². The normalized spacial score (nSPS) is 10.5. The summed E-state index contributed by atoms with van der Waals surface area (Å²) in [5.74, 6) is -0.169. The summed E-state index contributed by atoms with van der Waals surface area (Å²) in [7, 11) is 1.62. The van der Waals surface area contributed by atoms with Gasteiger partial charge in [0.05, 0.1) is 25.4 Å². The zero-order valence-electron chi connectivity index (χ0n) is 11.6. The highest BCUT2D eigenvalue weighted by Gasteiger charge is 2.01. The molecule has 0 aliphatic heterocycles. The van der Waals surface area contributed by atoms with Crippen molar-refractivity contribution in [1.82, 2.24) is 5.43 Å². The summed E-state index contributed by atoms with van der Waals surface area (Å²) >= 11 is 0. The molecule has 5 heteroatoms. The fourth-order valence-electron chi connectivity index (χ4n) is 1.79. The number of para-hydroxylation sites is 1. The molecule has 108 valence electrons. The zero-order chi connectivity index (χ0) is 15.1. The van der Waals surface area contributed by atoms with Crippen molar-refractivity contribution in [3.63, 3.8) is 0 Å². The second kappa shape index (κ2) is 7.09. The highest BCUT2D eigenvalue weighted by atomic mass is 16.5. The number of hydrogen-bond acceptors (Lipinski definition) is 4. The summed E-state index contributed by atoms with van der Waals surface area (Å²) in [5.41, 5.74) is 5.03. The van der Waals surface area contributed by atoms with E-state index >= 15 is 0 Å². The second-order valence-electron chi connectivity index (χ2n) is 4.34. The highest BCUT2D eigenvalue weighted by molar-refractivity contribution is 5.87. The molecule has 2 rings (SSSR count). The quantitative estimate of drug-likeness (QED) is 0.631. The smallest absolute Gasteiger partial charge is 0.335 e. The molecule has 0 radical (unpaired) electrons. The molecule has 0 amide bonds. The molecule has 2 aromatic carbocycles. The number of hydrogen-bond donors (Lipinski definition) is 2. The molecule has 5 nitrogen and oxygen atoms in total. The summed E-state index contributed by atoms with van der Waals surface area (Å²) in [6.45, 7) is 0.519. The van der Waals surface area contributed by atoms with Gasteiger partial charge in [-0.3, -0.25) is 0 Å². The van der Waals surface area contributed by atoms with Gasteiger partial charge in [-0.05, 0) is 29.8 Å². The van der Waals surface area contributed by atoms with Gasteiger partial charge in [0.1, 0.15) is 5.75 Å². The van der Waals surface area contributed by atoms with Gasteiger partial charge in [-0.1, -0.05) is 24.3 Å². The van der Waals surface area contributed by atoms with Crippen LogP contribution in [-0.2, 0) is 6.54 Å². The predicted octanol–water partition coefficient (Wildman–Crippen LogP) is 2.52. The molecule has 0 aliphatic rings. The van der Waals surface area contributed by atoms with E-state index in [9.17, 15) is 4.79 Å². The number of carboxylic acids is 1. The number of carbonyl (C=O) groups is 1. The molecule has 0 atom stereocenters. The molecule has 0 aliphatic carbocycles. The molecule has 2 aromatic rings. The lowest BCUT2D eigenvalue weighted by Gasteiger charge is -2.04. The molecule has 2 N–H and O–H groups in total. The summed E-state index contributed by atoms with van der Waals surface area (Å²) in [6, 6.07) is 14.2. The van der Waals surface area contributed by atoms with Crippen molar-refractivity contribution in [2.45, 2.75) is 6.54 Å². The van der Waals surface area contributed by atoms with Crippen molar-refractivity contribution in [2.24, 2.45) is 5.10 Å². The van der Waals surface area contributed by atoms with Crippen LogP contribution in [0.15, 0.2) is 53.6 Å². The number of benzene rings is 2. The third-order valence-electron chi connectivity index (χ3n) is 2.92. The van der Waals surface area contributed by atoms with Crippen molar-refractivity contribution in [1.29, 1.82) is 0 Å². The van der Waals surface area contributed by atoms with Crippen molar-refractivity contribution in [3.05, 3.63) is 65.2 Å². The monoisotopic (exact) mass is 284 g/mol. The maximum absolute atomic E-state index is 10.7. The number of nitrogens with zero attached hydrogens (tertiary/aromatic N) is 1. The van der Waals surface area contributed by atoms with Gasteiger partial charge in [-0.25, -0.2) is 4.79 Å². The number of ether oxygens (including phenoxy) is 1. The summed E-state index contributed by atoms with van der Waals surface area (Å²) in [4.78, 5) is 10.7. The van der Waals surface area contributed by atoms with E-state index in [1.54, 1.807) is 37.6 Å². The van der Waals surface area contributed by atoms with Crippen LogP contribution >= 0.6 is 0 Å².